The Labute approximate surface area is 263 Å². The minimum absolute atomic E-state index is 0.157. The van der Waals surface area contributed by atoms with Crippen molar-refractivity contribution in [2.24, 2.45) is 0 Å². The summed E-state index contributed by atoms with van der Waals surface area (Å²) in [5.41, 5.74) is 0. The fourth-order valence-corrected chi connectivity index (χ4v) is 4.48. The number of allylic oxidation sites excluding steroid dienone is 7. The number of rotatable bonds is 30. The molecule has 0 aliphatic carbocycles. The Kier molecular flexibility index (Phi) is 31.1. The topological polar surface area (TPSA) is 93.1 Å². The minimum Gasteiger partial charge on any atom is -0.463 e. The molecule has 6 heteroatoms. The van der Waals surface area contributed by atoms with Crippen LogP contribution in [-0.2, 0) is 19.1 Å². The van der Waals surface area contributed by atoms with Crippen LogP contribution >= 0.6 is 0 Å². The summed E-state index contributed by atoms with van der Waals surface area (Å²) in [6.07, 6.45) is 36.2. The first kappa shape index (κ1) is 40.8. The van der Waals surface area contributed by atoms with Gasteiger partial charge in [-0.25, -0.2) is 0 Å². The zero-order valence-electron chi connectivity index (χ0n) is 27.6. The molecule has 2 atom stereocenters. The van der Waals surface area contributed by atoms with Crippen LogP contribution in [0.2, 0.25) is 0 Å². The van der Waals surface area contributed by atoms with Crippen molar-refractivity contribution >= 4 is 11.9 Å². The summed E-state index contributed by atoms with van der Waals surface area (Å²) < 4.78 is 10.2. The van der Waals surface area contributed by atoms with Gasteiger partial charge in [0.2, 0.25) is 0 Å². The van der Waals surface area contributed by atoms with Crippen LogP contribution in [0, 0.1) is 0 Å². The van der Waals surface area contributed by atoms with Crippen LogP contribution in [0.25, 0.3) is 0 Å². The molecule has 0 bridgehead atoms. The van der Waals surface area contributed by atoms with Gasteiger partial charge in [-0.1, -0.05) is 140 Å². The van der Waals surface area contributed by atoms with Crippen molar-refractivity contribution in [2.45, 2.75) is 161 Å². The lowest BCUT2D eigenvalue weighted by molar-refractivity contribution is -0.152. The van der Waals surface area contributed by atoms with Gasteiger partial charge in [-0.3, -0.25) is 9.59 Å². The zero-order chi connectivity index (χ0) is 31.6. The number of ether oxygens (including phenoxy) is 2. The van der Waals surface area contributed by atoms with E-state index in [1.54, 1.807) is 6.08 Å². The summed E-state index contributed by atoms with van der Waals surface area (Å²) in [7, 11) is 0. The maximum Gasteiger partial charge on any atom is 0.305 e. The third kappa shape index (κ3) is 32.6. The first-order valence-electron chi connectivity index (χ1n) is 17.3. The molecule has 0 unspecified atom stereocenters. The van der Waals surface area contributed by atoms with Crippen molar-refractivity contribution in [3.05, 3.63) is 48.6 Å². The van der Waals surface area contributed by atoms with E-state index in [1.807, 2.05) is 18.2 Å². The van der Waals surface area contributed by atoms with Crippen molar-refractivity contribution in [3.8, 4) is 0 Å². The van der Waals surface area contributed by atoms with Crippen molar-refractivity contribution in [1.29, 1.82) is 0 Å². The normalized spacial score (nSPS) is 13.5. The Morgan fingerprint density at radius 2 is 1.07 bits per heavy atom. The number of carbonyl (C=O) groups excluding carboxylic acids is 2. The molecule has 0 spiro atoms. The lowest BCUT2D eigenvalue weighted by Crippen LogP contribution is -2.25. The standard InChI is InChI=1S/C37H64O6/c1-3-5-7-9-11-13-15-16-18-19-21-23-25-28-34(38)29-27-31-37(41)43-33-35(39)32-42-36(40)30-26-24-22-20-17-14-12-10-8-6-4-2/h11,13,16,18,21,23,25,28,34-35,38-39H,3-10,12,14-15,17,19-20,22,24,26-27,29-33H2,1-2H3/b13-11-,18-16-,23-21-,28-25+/t34-,35+/m1/s1. The van der Waals surface area contributed by atoms with Crippen molar-refractivity contribution in [2.75, 3.05) is 13.2 Å². The Morgan fingerprint density at radius 3 is 1.67 bits per heavy atom. The highest BCUT2D eigenvalue weighted by molar-refractivity contribution is 5.69. The molecule has 0 fully saturated rings. The van der Waals surface area contributed by atoms with Crippen LogP contribution in [0.5, 0.6) is 0 Å². The molecular formula is C37H64O6. The van der Waals surface area contributed by atoms with E-state index in [2.05, 4.69) is 38.2 Å². The third-order valence-corrected chi connectivity index (χ3v) is 7.17. The SMILES string of the molecule is CCCCC/C=C\C/C=C\C/C=C\C=C\[C@@H](O)CCCC(=O)OC[C@@H](O)COC(=O)CCCCCCCCCCCCC. The van der Waals surface area contributed by atoms with E-state index in [0.29, 0.717) is 19.3 Å². The fraction of sp³-hybridized carbons (Fsp3) is 0.730. The molecule has 2 N–H and O–H groups in total. The largest absolute Gasteiger partial charge is 0.463 e. The molecule has 0 amide bonds. The molecule has 0 aromatic heterocycles. The molecule has 248 valence electrons. The predicted molar refractivity (Wildman–Crippen MR) is 179 cm³/mol. The van der Waals surface area contributed by atoms with Gasteiger partial charge in [0.1, 0.15) is 19.3 Å². The average Bonchev–Trinajstić information content (AvgIpc) is 3.00. The van der Waals surface area contributed by atoms with Crippen LogP contribution in [0.1, 0.15) is 149 Å². The Hall–Kier alpha value is -2.18. The van der Waals surface area contributed by atoms with Crippen LogP contribution in [0.3, 0.4) is 0 Å². The Balaban J connectivity index is 3.69. The maximum atomic E-state index is 11.9. The van der Waals surface area contributed by atoms with Gasteiger partial charge in [-0.05, 0) is 44.9 Å². The first-order valence-corrected chi connectivity index (χ1v) is 17.3. The lowest BCUT2D eigenvalue weighted by Gasteiger charge is -2.12. The second kappa shape index (κ2) is 32.7. The molecular weight excluding hydrogens is 540 g/mol. The number of esters is 2. The summed E-state index contributed by atoms with van der Waals surface area (Å²) in [5, 5.41) is 20.0. The number of carbonyl (C=O) groups is 2. The molecule has 43 heavy (non-hydrogen) atoms. The predicted octanol–water partition coefficient (Wildman–Crippen LogP) is 9.25. The fourth-order valence-electron chi connectivity index (χ4n) is 4.48. The van der Waals surface area contributed by atoms with Gasteiger partial charge in [-0.15, -0.1) is 0 Å². The molecule has 0 rings (SSSR count). The highest BCUT2D eigenvalue weighted by Gasteiger charge is 2.12. The number of aliphatic hydroxyl groups is 2. The smallest absolute Gasteiger partial charge is 0.305 e. The number of unbranched alkanes of at least 4 members (excludes halogenated alkanes) is 13. The van der Waals surface area contributed by atoms with Crippen molar-refractivity contribution in [3.63, 3.8) is 0 Å². The molecule has 0 aromatic rings. The van der Waals surface area contributed by atoms with Crippen LogP contribution in [0.4, 0.5) is 0 Å². The molecule has 0 aromatic carbocycles. The second-order valence-corrected chi connectivity index (χ2v) is 11.5. The average molecular weight is 605 g/mol. The quantitative estimate of drug-likeness (QED) is 0.0367. The third-order valence-electron chi connectivity index (χ3n) is 7.17. The molecule has 0 aliphatic heterocycles. The maximum absolute atomic E-state index is 11.9. The van der Waals surface area contributed by atoms with E-state index >= 15 is 0 Å². The van der Waals surface area contributed by atoms with Gasteiger partial charge in [0, 0.05) is 12.8 Å². The molecule has 0 saturated heterocycles. The van der Waals surface area contributed by atoms with Gasteiger partial charge in [0.15, 0.2) is 0 Å². The van der Waals surface area contributed by atoms with Gasteiger partial charge in [0.05, 0.1) is 6.10 Å². The molecule has 0 heterocycles. The molecule has 6 nitrogen and oxygen atoms in total. The van der Waals surface area contributed by atoms with Crippen LogP contribution < -0.4 is 0 Å². The number of hydrogen-bond donors (Lipinski definition) is 2. The van der Waals surface area contributed by atoms with Gasteiger partial charge in [-0.2, -0.15) is 0 Å². The molecule has 0 saturated carbocycles. The Bertz CT molecular complexity index is 754. The summed E-state index contributed by atoms with van der Waals surface area (Å²) in [6.45, 7) is 4.07. The van der Waals surface area contributed by atoms with Crippen molar-refractivity contribution in [1.82, 2.24) is 0 Å². The van der Waals surface area contributed by atoms with E-state index < -0.39 is 18.2 Å². The van der Waals surface area contributed by atoms with Crippen LogP contribution in [0.15, 0.2) is 48.6 Å². The zero-order valence-corrected chi connectivity index (χ0v) is 27.6. The highest BCUT2D eigenvalue weighted by Crippen LogP contribution is 2.12. The van der Waals surface area contributed by atoms with Gasteiger partial charge >= 0.3 is 11.9 Å². The summed E-state index contributed by atoms with van der Waals surface area (Å²) in [4.78, 5) is 23.8. The van der Waals surface area contributed by atoms with Gasteiger partial charge in [0.25, 0.3) is 0 Å². The van der Waals surface area contributed by atoms with E-state index in [0.717, 1.165) is 38.5 Å². The molecule has 0 aliphatic rings. The first-order chi connectivity index (χ1) is 21.0. The number of aliphatic hydroxyl groups excluding tert-OH is 2. The lowest BCUT2D eigenvalue weighted by atomic mass is 10.1. The second-order valence-electron chi connectivity index (χ2n) is 11.5. The minimum atomic E-state index is -1.03. The van der Waals surface area contributed by atoms with E-state index in [-0.39, 0.29) is 25.6 Å². The summed E-state index contributed by atoms with van der Waals surface area (Å²) in [6, 6.07) is 0. The summed E-state index contributed by atoms with van der Waals surface area (Å²) >= 11 is 0. The van der Waals surface area contributed by atoms with E-state index in [1.165, 1.54) is 70.6 Å². The molecule has 0 radical (unpaired) electrons. The van der Waals surface area contributed by atoms with Gasteiger partial charge < -0.3 is 19.7 Å². The highest BCUT2D eigenvalue weighted by atomic mass is 16.6. The number of hydrogen-bond acceptors (Lipinski definition) is 6. The Morgan fingerprint density at radius 1 is 0.581 bits per heavy atom. The van der Waals surface area contributed by atoms with Crippen molar-refractivity contribution < 1.29 is 29.3 Å². The van der Waals surface area contributed by atoms with E-state index in [4.69, 9.17) is 9.47 Å². The summed E-state index contributed by atoms with van der Waals surface area (Å²) in [5.74, 6) is -0.763. The van der Waals surface area contributed by atoms with E-state index in [9.17, 15) is 19.8 Å². The van der Waals surface area contributed by atoms with Crippen LogP contribution in [-0.4, -0.2) is 47.6 Å². The monoisotopic (exact) mass is 604 g/mol.